The van der Waals surface area contributed by atoms with Gasteiger partial charge in [0.1, 0.15) is 5.82 Å². The molecule has 0 saturated heterocycles. The summed E-state index contributed by atoms with van der Waals surface area (Å²) in [5, 5.41) is 2.92. The molecule has 0 spiro atoms. The lowest BCUT2D eigenvalue weighted by atomic mass is 10.1. The lowest BCUT2D eigenvalue weighted by Gasteiger charge is -2.16. The summed E-state index contributed by atoms with van der Waals surface area (Å²) >= 11 is 0. The van der Waals surface area contributed by atoms with Gasteiger partial charge in [-0.25, -0.2) is 17.6 Å². The van der Waals surface area contributed by atoms with Crippen LogP contribution in [0.5, 0.6) is 0 Å². The molecule has 2 aromatic carbocycles. The molecule has 1 unspecified atom stereocenters. The fourth-order valence-corrected chi connectivity index (χ4v) is 2.60. The highest BCUT2D eigenvalue weighted by atomic mass is 19.2. The SMILES string of the molecule is Fc1cc(NC2CCc3c(F)cccc32)cc(F)c1F. The van der Waals surface area contributed by atoms with Crippen molar-refractivity contribution in [3.63, 3.8) is 0 Å². The predicted molar refractivity (Wildman–Crippen MR) is 67.4 cm³/mol. The van der Waals surface area contributed by atoms with E-state index in [2.05, 4.69) is 5.32 Å². The zero-order valence-electron chi connectivity index (χ0n) is 10.4. The van der Waals surface area contributed by atoms with Crippen LogP contribution in [0.2, 0.25) is 0 Å². The van der Waals surface area contributed by atoms with Gasteiger partial charge in [-0.2, -0.15) is 0 Å². The Morgan fingerprint density at radius 2 is 1.65 bits per heavy atom. The van der Waals surface area contributed by atoms with Crippen LogP contribution in [0.1, 0.15) is 23.6 Å². The maximum atomic E-state index is 13.6. The molecule has 5 heteroatoms. The van der Waals surface area contributed by atoms with Gasteiger partial charge in [-0.1, -0.05) is 12.1 Å². The Morgan fingerprint density at radius 1 is 0.950 bits per heavy atom. The van der Waals surface area contributed by atoms with E-state index in [0.717, 1.165) is 17.7 Å². The second kappa shape index (κ2) is 4.81. The van der Waals surface area contributed by atoms with Gasteiger partial charge in [0, 0.05) is 17.8 Å². The van der Waals surface area contributed by atoms with Crippen molar-refractivity contribution in [1.29, 1.82) is 0 Å². The molecule has 1 nitrogen and oxygen atoms in total. The van der Waals surface area contributed by atoms with Crippen LogP contribution in [0.3, 0.4) is 0 Å². The Bertz CT molecular complexity index is 646. The summed E-state index contributed by atoms with van der Waals surface area (Å²) in [6.45, 7) is 0. The molecule has 0 radical (unpaired) electrons. The molecule has 1 aliphatic carbocycles. The summed E-state index contributed by atoms with van der Waals surface area (Å²) in [6.07, 6.45) is 1.18. The zero-order chi connectivity index (χ0) is 14.3. The van der Waals surface area contributed by atoms with Crippen LogP contribution in [-0.4, -0.2) is 0 Å². The largest absolute Gasteiger partial charge is 0.378 e. The lowest BCUT2D eigenvalue weighted by molar-refractivity contribution is 0.447. The van der Waals surface area contributed by atoms with E-state index in [9.17, 15) is 17.6 Å². The predicted octanol–water partition coefficient (Wildman–Crippen LogP) is 4.34. The van der Waals surface area contributed by atoms with Gasteiger partial charge in [0.2, 0.25) is 0 Å². The Kier molecular flexibility index (Phi) is 3.12. The Morgan fingerprint density at radius 3 is 2.35 bits per heavy atom. The first-order chi connectivity index (χ1) is 9.56. The molecule has 0 fully saturated rings. The number of halogens is 4. The molecule has 1 N–H and O–H groups in total. The summed E-state index contributed by atoms with van der Waals surface area (Å²) < 4.78 is 52.8. The molecule has 0 bridgehead atoms. The van der Waals surface area contributed by atoms with Gasteiger partial charge in [-0.3, -0.25) is 0 Å². The molecule has 0 amide bonds. The second-order valence-corrected chi connectivity index (χ2v) is 4.80. The van der Waals surface area contributed by atoms with Gasteiger partial charge in [-0.15, -0.1) is 0 Å². The van der Waals surface area contributed by atoms with E-state index >= 15 is 0 Å². The van der Waals surface area contributed by atoms with Crippen LogP contribution < -0.4 is 5.32 Å². The van der Waals surface area contributed by atoms with Gasteiger partial charge in [0.15, 0.2) is 17.5 Å². The highest BCUT2D eigenvalue weighted by Gasteiger charge is 2.25. The third kappa shape index (κ3) is 2.13. The second-order valence-electron chi connectivity index (χ2n) is 4.80. The van der Waals surface area contributed by atoms with Crippen molar-refractivity contribution in [1.82, 2.24) is 0 Å². The highest BCUT2D eigenvalue weighted by Crippen LogP contribution is 2.35. The molecular weight excluding hydrogens is 270 g/mol. The van der Waals surface area contributed by atoms with E-state index in [1.165, 1.54) is 6.07 Å². The average Bonchev–Trinajstić information content (AvgIpc) is 2.81. The number of fused-ring (bicyclic) bond motifs is 1. The van der Waals surface area contributed by atoms with Crippen molar-refractivity contribution in [2.24, 2.45) is 0 Å². The van der Waals surface area contributed by atoms with Crippen molar-refractivity contribution < 1.29 is 17.6 Å². The minimum atomic E-state index is -1.49. The van der Waals surface area contributed by atoms with Gasteiger partial charge >= 0.3 is 0 Å². The fraction of sp³-hybridized carbons (Fsp3) is 0.200. The first-order valence-electron chi connectivity index (χ1n) is 6.24. The Balaban J connectivity index is 1.90. The van der Waals surface area contributed by atoms with Crippen molar-refractivity contribution >= 4 is 5.69 Å². The van der Waals surface area contributed by atoms with E-state index < -0.39 is 17.5 Å². The quantitative estimate of drug-likeness (QED) is 0.637. The zero-order valence-corrected chi connectivity index (χ0v) is 10.4. The van der Waals surface area contributed by atoms with Crippen molar-refractivity contribution in [3.05, 3.63) is 64.7 Å². The van der Waals surface area contributed by atoms with Crippen molar-refractivity contribution in [3.8, 4) is 0 Å². The van der Waals surface area contributed by atoms with Crippen molar-refractivity contribution in [2.75, 3.05) is 5.32 Å². The third-order valence-electron chi connectivity index (χ3n) is 3.54. The summed E-state index contributed by atoms with van der Waals surface area (Å²) in [4.78, 5) is 0. The minimum absolute atomic E-state index is 0.142. The summed E-state index contributed by atoms with van der Waals surface area (Å²) in [6, 6.07) is 6.33. The molecule has 0 saturated carbocycles. The van der Waals surface area contributed by atoms with E-state index in [-0.39, 0.29) is 17.5 Å². The van der Waals surface area contributed by atoms with Crippen LogP contribution in [-0.2, 0) is 6.42 Å². The molecule has 0 aliphatic heterocycles. The summed E-state index contributed by atoms with van der Waals surface area (Å²) in [5.41, 5.74) is 1.53. The maximum absolute atomic E-state index is 13.6. The number of benzene rings is 2. The Hall–Kier alpha value is -2.04. The molecule has 20 heavy (non-hydrogen) atoms. The van der Waals surface area contributed by atoms with Crippen LogP contribution in [0.25, 0.3) is 0 Å². The number of hydrogen-bond acceptors (Lipinski definition) is 1. The van der Waals surface area contributed by atoms with Crippen LogP contribution in [0.15, 0.2) is 30.3 Å². The molecule has 3 rings (SSSR count). The fourth-order valence-electron chi connectivity index (χ4n) is 2.60. The number of hydrogen-bond donors (Lipinski definition) is 1. The lowest BCUT2D eigenvalue weighted by Crippen LogP contribution is -2.08. The van der Waals surface area contributed by atoms with Gasteiger partial charge in [0.25, 0.3) is 0 Å². The van der Waals surface area contributed by atoms with Crippen LogP contribution in [0.4, 0.5) is 23.2 Å². The summed E-state index contributed by atoms with van der Waals surface area (Å²) in [5.74, 6) is -4.26. The molecule has 2 aromatic rings. The topological polar surface area (TPSA) is 12.0 Å². The van der Waals surface area contributed by atoms with E-state index in [0.29, 0.717) is 18.4 Å². The van der Waals surface area contributed by atoms with E-state index in [4.69, 9.17) is 0 Å². The highest BCUT2D eigenvalue weighted by molar-refractivity contribution is 5.49. The van der Waals surface area contributed by atoms with E-state index in [1.807, 2.05) is 0 Å². The first kappa shape index (κ1) is 13.0. The van der Waals surface area contributed by atoms with Crippen LogP contribution in [0, 0.1) is 23.3 Å². The van der Waals surface area contributed by atoms with Gasteiger partial charge < -0.3 is 5.32 Å². The normalized spacial score (nSPS) is 17.1. The monoisotopic (exact) mass is 281 g/mol. The molecule has 104 valence electrons. The average molecular weight is 281 g/mol. The molecule has 0 aromatic heterocycles. The molecular formula is C15H11F4N. The first-order valence-corrected chi connectivity index (χ1v) is 6.24. The number of rotatable bonds is 2. The number of anilines is 1. The van der Waals surface area contributed by atoms with E-state index in [1.54, 1.807) is 12.1 Å². The molecule has 1 atom stereocenters. The number of nitrogens with one attached hydrogen (secondary N) is 1. The Labute approximate surface area is 113 Å². The van der Waals surface area contributed by atoms with Crippen molar-refractivity contribution in [2.45, 2.75) is 18.9 Å². The smallest absolute Gasteiger partial charge is 0.194 e. The van der Waals surface area contributed by atoms with Gasteiger partial charge in [0.05, 0.1) is 6.04 Å². The standard InChI is InChI=1S/C15H11F4N/c16-11-3-1-2-10-9(11)4-5-14(10)20-8-6-12(17)15(19)13(18)7-8/h1-3,6-7,14,20H,4-5H2. The molecule has 1 aliphatic rings. The van der Waals surface area contributed by atoms with Crippen LogP contribution >= 0.6 is 0 Å². The third-order valence-corrected chi connectivity index (χ3v) is 3.54. The van der Waals surface area contributed by atoms with Gasteiger partial charge in [-0.05, 0) is 30.0 Å². The minimum Gasteiger partial charge on any atom is -0.378 e. The molecule has 0 heterocycles. The maximum Gasteiger partial charge on any atom is 0.194 e. The summed E-state index contributed by atoms with van der Waals surface area (Å²) in [7, 11) is 0.